The van der Waals surface area contributed by atoms with E-state index in [2.05, 4.69) is 16.7 Å². The average molecular weight is 290 g/mol. The van der Waals surface area contributed by atoms with Gasteiger partial charge in [0.1, 0.15) is 5.75 Å². The number of rotatable bonds is 6. The second-order valence-corrected chi connectivity index (χ2v) is 5.61. The second kappa shape index (κ2) is 7.46. The number of fused-ring (bicyclic) bond motifs is 1. The van der Waals surface area contributed by atoms with Crippen molar-refractivity contribution in [2.75, 3.05) is 13.6 Å². The Morgan fingerprint density at radius 2 is 2.29 bits per heavy atom. The summed E-state index contributed by atoms with van der Waals surface area (Å²) in [6.07, 6.45) is 3.79. The van der Waals surface area contributed by atoms with E-state index in [9.17, 15) is 4.79 Å². The number of carbonyl (C=O) groups excluding carboxylic acids is 1. The summed E-state index contributed by atoms with van der Waals surface area (Å²) in [6, 6.07) is 6.53. The average Bonchev–Trinajstić information content (AvgIpc) is 2.52. The van der Waals surface area contributed by atoms with Crippen LogP contribution in [0, 0.1) is 0 Å². The molecule has 0 saturated heterocycles. The molecule has 1 aromatic carbocycles. The van der Waals surface area contributed by atoms with E-state index in [1.54, 1.807) is 0 Å². The fourth-order valence-electron chi connectivity index (χ4n) is 2.86. The van der Waals surface area contributed by atoms with Crippen molar-refractivity contribution in [1.82, 2.24) is 10.6 Å². The summed E-state index contributed by atoms with van der Waals surface area (Å²) in [4.78, 5) is 11.9. The van der Waals surface area contributed by atoms with Gasteiger partial charge in [-0.1, -0.05) is 19.1 Å². The molecule has 2 atom stereocenters. The molecule has 116 valence electrons. The lowest BCUT2D eigenvalue weighted by Gasteiger charge is -2.27. The molecule has 0 aromatic heterocycles. The third kappa shape index (κ3) is 3.76. The van der Waals surface area contributed by atoms with Crippen molar-refractivity contribution >= 4 is 5.91 Å². The van der Waals surface area contributed by atoms with Crippen molar-refractivity contribution in [2.45, 2.75) is 51.7 Å². The first-order chi connectivity index (χ1) is 10.2. The minimum Gasteiger partial charge on any atom is -0.481 e. The first kappa shape index (κ1) is 15.8. The fraction of sp³-hybridized carbons (Fsp3) is 0.588. The Bertz CT molecular complexity index is 488. The van der Waals surface area contributed by atoms with Crippen LogP contribution in [0.25, 0.3) is 0 Å². The van der Waals surface area contributed by atoms with E-state index in [1.807, 2.05) is 33.0 Å². The monoisotopic (exact) mass is 290 g/mol. The Balaban J connectivity index is 2.12. The molecule has 1 aromatic rings. The predicted molar refractivity (Wildman–Crippen MR) is 84.6 cm³/mol. The highest BCUT2D eigenvalue weighted by Gasteiger charge is 2.23. The lowest BCUT2D eigenvalue weighted by Crippen LogP contribution is -2.37. The highest BCUT2D eigenvalue weighted by molar-refractivity contribution is 5.80. The van der Waals surface area contributed by atoms with E-state index in [0.717, 1.165) is 31.4 Å². The van der Waals surface area contributed by atoms with Gasteiger partial charge in [0.15, 0.2) is 6.10 Å². The summed E-state index contributed by atoms with van der Waals surface area (Å²) in [6.45, 7) is 4.54. The van der Waals surface area contributed by atoms with Crippen LogP contribution in [-0.4, -0.2) is 25.6 Å². The van der Waals surface area contributed by atoms with Crippen LogP contribution < -0.4 is 15.4 Å². The van der Waals surface area contributed by atoms with Crippen LogP contribution in [0.5, 0.6) is 5.75 Å². The minimum absolute atomic E-state index is 0.0459. The van der Waals surface area contributed by atoms with E-state index >= 15 is 0 Å². The number of carbonyl (C=O) groups is 1. The van der Waals surface area contributed by atoms with Crippen LogP contribution in [0.15, 0.2) is 18.2 Å². The van der Waals surface area contributed by atoms with Gasteiger partial charge in [0.05, 0.1) is 0 Å². The Kier molecular flexibility index (Phi) is 5.62. The molecule has 4 nitrogen and oxygen atoms in total. The summed E-state index contributed by atoms with van der Waals surface area (Å²) in [5.74, 6) is 0.807. The normalized spacial score (nSPS) is 18.7. The minimum atomic E-state index is -0.460. The number of ether oxygens (including phenoxy) is 1. The predicted octanol–water partition coefficient (Wildman–Crippen LogP) is 2.58. The van der Waals surface area contributed by atoms with Crippen LogP contribution >= 0.6 is 0 Å². The molecule has 2 rings (SSSR count). The summed E-state index contributed by atoms with van der Waals surface area (Å²) in [7, 11) is 1.99. The van der Waals surface area contributed by atoms with E-state index in [1.165, 1.54) is 11.1 Å². The number of hydrogen-bond donors (Lipinski definition) is 2. The second-order valence-electron chi connectivity index (χ2n) is 5.61. The molecule has 1 aliphatic rings. The first-order valence-electron chi connectivity index (χ1n) is 7.90. The van der Waals surface area contributed by atoms with Gasteiger partial charge < -0.3 is 15.4 Å². The Morgan fingerprint density at radius 1 is 1.48 bits per heavy atom. The highest BCUT2D eigenvalue weighted by Crippen LogP contribution is 2.35. The Labute approximate surface area is 127 Å². The maximum absolute atomic E-state index is 11.9. The smallest absolute Gasteiger partial charge is 0.260 e. The molecule has 0 bridgehead atoms. The van der Waals surface area contributed by atoms with Crippen LogP contribution in [0.1, 0.15) is 50.3 Å². The van der Waals surface area contributed by atoms with Gasteiger partial charge in [-0.2, -0.15) is 0 Å². The van der Waals surface area contributed by atoms with E-state index < -0.39 is 6.10 Å². The molecule has 2 N–H and O–H groups in total. The van der Waals surface area contributed by atoms with Crippen molar-refractivity contribution in [3.05, 3.63) is 29.3 Å². The van der Waals surface area contributed by atoms with Gasteiger partial charge in [-0.25, -0.2) is 0 Å². The van der Waals surface area contributed by atoms with Crippen molar-refractivity contribution in [3.8, 4) is 5.75 Å². The highest BCUT2D eigenvalue weighted by atomic mass is 16.5. The van der Waals surface area contributed by atoms with E-state index in [0.29, 0.717) is 12.6 Å². The van der Waals surface area contributed by atoms with Crippen LogP contribution in [0.4, 0.5) is 0 Å². The number of benzene rings is 1. The number of amides is 1. The van der Waals surface area contributed by atoms with Crippen LogP contribution in [0.2, 0.25) is 0 Å². The SMILES string of the molecule is CCCNC(=O)C(C)Oc1cccc2c1CCCC2NC. The van der Waals surface area contributed by atoms with Gasteiger partial charge in [-0.3, -0.25) is 4.79 Å². The molecule has 1 amide bonds. The van der Waals surface area contributed by atoms with Gasteiger partial charge in [0.2, 0.25) is 0 Å². The van der Waals surface area contributed by atoms with E-state index in [4.69, 9.17) is 4.74 Å². The Hall–Kier alpha value is -1.55. The molecule has 0 saturated carbocycles. The van der Waals surface area contributed by atoms with Gasteiger partial charge in [-0.15, -0.1) is 0 Å². The molecule has 0 fully saturated rings. The van der Waals surface area contributed by atoms with Gasteiger partial charge in [0.25, 0.3) is 5.91 Å². The van der Waals surface area contributed by atoms with Crippen molar-refractivity contribution < 1.29 is 9.53 Å². The summed E-state index contributed by atoms with van der Waals surface area (Å²) >= 11 is 0. The lowest BCUT2D eigenvalue weighted by atomic mass is 9.87. The Morgan fingerprint density at radius 3 is 3.00 bits per heavy atom. The molecule has 21 heavy (non-hydrogen) atoms. The van der Waals surface area contributed by atoms with Crippen LogP contribution in [0.3, 0.4) is 0 Å². The standard InChI is InChI=1S/C17H26N2O2/c1-4-11-19-17(20)12(2)21-16-10-6-7-13-14(16)8-5-9-15(13)18-3/h6-7,10,12,15,18H,4-5,8-9,11H2,1-3H3,(H,19,20). The molecule has 0 spiro atoms. The van der Waals surface area contributed by atoms with Gasteiger partial charge >= 0.3 is 0 Å². The topological polar surface area (TPSA) is 50.4 Å². The fourth-order valence-corrected chi connectivity index (χ4v) is 2.86. The zero-order valence-corrected chi connectivity index (χ0v) is 13.2. The number of nitrogens with one attached hydrogen (secondary N) is 2. The largest absolute Gasteiger partial charge is 0.481 e. The van der Waals surface area contributed by atoms with Crippen LogP contribution in [-0.2, 0) is 11.2 Å². The molecule has 0 radical (unpaired) electrons. The third-order valence-corrected chi connectivity index (χ3v) is 4.03. The summed E-state index contributed by atoms with van der Waals surface area (Å²) in [5.41, 5.74) is 2.56. The third-order valence-electron chi connectivity index (χ3n) is 4.03. The lowest BCUT2D eigenvalue weighted by molar-refractivity contribution is -0.127. The van der Waals surface area contributed by atoms with Crippen molar-refractivity contribution in [2.24, 2.45) is 0 Å². The molecule has 1 aliphatic carbocycles. The maximum atomic E-state index is 11.9. The van der Waals surface area contributed by atoms with E-state index in [-0.39, 0.29) is 5.91 Å². The van der Waals surface area contributed by atoms with Crippen molar-refractivity contribution in [3.63, 3.8) is 0 Å². The van der Waals surface area contributed by atoms with Crippen molar-refractivity contribution in [1.29, 1.82) is 0 Å². The maximum Gasteiger partial charge on any atom is 0.260 e. The van der Waals surface area contributed by atoms with Gasteiger partial charge in [-0.05, 0) is 56.8 Å². The molecule has 0 heterocycles. The molecule has 2 unspecified atom stereocenters. The molecule has 0 aliphatic heterocycles. The zero-order valence-electron chi connectivity index (χ0n) is 13.2. The first-order valence-corrected chi connectivity index (χ1v) is 7.90. The summed E-state index contributed by atoms with van der Waals surface area (Å²) < 4.78 is 5.92. The van der Waals surface area contributed by atoms with Gasteiger partial charge in [0, 0.05) is 12.6 Å². The molecular formula is C17H26N2O2. The quantitative estimate of drug-likeness (QED) is 0.846. The molecule has 4 heteroatoms. The number of hydrogen-bond acceptors (Lipinski definition) is 3. The molecular weight excluding hydrogens is 264 g/mol. The summed E-state index contributed by atoms with van der Waals surface area (Å²) in [5, 5.41) is 6.23. The zero-order chi connectivity index (χ0) is 15.2.